The lowest BCUT2D eigenvalue weighted by atomic mass is 9.87. The van der Waals surface area contributed by atoms with Crippen molar-refractivity contribution in [2.24, 2.45) is 5.92 Å². The van der Waals surface area contributed by atoms with Gasteiger partial charge in [0.15, 0.2) is 0 Å². The summed E-state index contributed by atoms with van der Waals surface area (Å²) in [6, 6.07) is 5.44. The van der Waals surface area contributed by atoms with Gasteiger partial charge in [-0.2, -0.15) is 0 Å². The summed E-state index contributed by atoms with van der Waals surface area (Å²) >= 11 is 3.41. The highest BCUT2D eigenvalue weighted by molar-refractivity contribution is 9.10. The predicted molar refractivity (Wildman–Crippen MR) is 78.4 cm³/mol. The van der Waals surface area contributed by atoms with Gasteiger partial charge in [0.2, 0.25) is 5.91 Å². The van der Waals surface area contributed by atoms with Crippen LogP contribution in [-0.2, 0) is 4.79 Å². The summed E-state index contributed by atoms with van der Waals surface area (Å²) in [5.74, 6) is 0.645. The Kier molecular flexibility index (Phi) is 4.64. The zero-order chi connectivity index (χ0) is 13.0. The number of carbonyl (C=O) groups excluding carboxylic acids is 1. The van der Waals surface area contributed by atoms with Crippen LogP contribution in [0.2, 0.25) is 0 Å². The van der Waals surface area contributed by atoms with E-state index in [4.69, 9.17) is 5.73 Å². The Morgan fingerprint density at radius 2 is 2.06 bits per heavy atom. The number of rotatable bonds is 3. The smallest absolute Gasteiger partial charge is 0.224 e. The molecule has 0 spiro atoms. The van der Waals surface area contributed by atoms with Gasteiger partial charge in [-0.05, 0) is 52.9 Å². The highest BCUT2D eigenvalue weighted by Gasteiger charge is 2.17. The summed E-state index contributed by atoms with van der Waals surface area (Å²) in [6.45, 7) is 0. The molecule has 1 fully saturated rings. The molecule has 0 bridgehead atoms. The first-order valence-electron chi connectivity index (χ1n) is 6.50. The fraction of sp³-hybridized carbons (Fsp3) is 0.500. The van der Waals surface area contributed by atoms with Crippen LogP contribution in [0.25, 0.3) is 0 Å². The molecule has 1 amide bonds. The number of nitrogen functional groups attached to an aromatic ring is 1. The largest absolute Gasteiger partial charge is 0.399 e. The fourth-order valence-electron chi connectivity index (χ4n) is 2.49. The zero-order valence-electron chi connectivity index (χ0n) is 10.4. The maximum Gasteiger partial charge on any atom is 0.224 e. The molecule has 1 aromatic carbocycles. The Bertz CT molecular complexity index is 428. The van der Waals surface area contributed by atoms with Gasteiger partial charge >= 0.3 is 0 Å². The maximum absolute atomic E-state index is 12.0. The minimum atomic E-state index is 0.0909. The summed E-state index contributed by atoms with van der Waals surface area (Å²) in [6.07, 6.45) is 6.84. The number of hydrogen-bond acceptors (Lipinski definition) is 2. The molecular weight excluding hydrogens is 292 g/mol. The lowest BCUT2D eigenvalue weighted by Gasteiger charge is -2.21. The Balaban J connectivity index is 1.92. The van der Waals surface area contributed by atoms with Gasteiger partial charge in [0.1, 0.15) is 0 Å². The van der Waals surface area contributed by atoms with Crippen molar-refractivity contribution in [3.63, 3.8) is 0 Å². The van der Waals surface area contributed by atoms with Gasteiger partial charge in [0.25, 0.3) is 0 Å². The molecule has 0 aromatic heterocycles. The molecule has 1 aliphatic carbocycles. The number of anilines is 2. The number of halogens is 1. The number of amides is 1. The minimum absolute atomic E-state index is 0.0909. The van der Waals surface area contributed by atoms with Crippen LogP contribution in [0.15, 0.2) is 22.7 Å². The van der Waals surface area contributed by atoms with Crippen LogP contribution >= 0.6 is 15.9 Å². The van der Waals surface area contributed by atoms with Crippen LogP contribution in [0, 0.1) is 5.92 Å². The van der Waals surface area contributed by atoms with E-state index in [1.165, 1.54) is 32.1 Å². The second-order valence-electron chi connectivity index (χ2n) is 5.00. The number of nitrogens with two attached hydrogens (primary N) is 1. The lowest BCUT2D eigenvalue weighted by molar-refractivity contribution is -0.117. The van der Waals surface area contributed by atoms with E-state index in [0.717, 1.165) is 10.2 Å². The average molecular weight is 311 g/mol. The van der Waals surface area contributed by atoms with Gasteiger partial charge in [-0.3, -0.25) is 4.79 Å². The molecule has 2 rings (SSSR count). The molecule has 0 atom stereocenters. The summed E-state index contributed by atoms with van der Waals surface area (Å²) in [4.78, 5) is 12.0. The molecule has 1 aromatic rings. The van der Waals surface area contributed by atoms with Crippen LogP contribution in [-0.4, -0.2) is 5.91 Å². The second-order valence-corrected chi connectivity index (χ2v) is 5.85. The molecule has 4 heteroatoms. The first-order chi connectivity index (χ1) is 8.65. The van der Waals surface area contributed by atoms with Crippen molar-refractivity contribution >= 4 is 33.2 Å². The first kappa shape index (κ1) is 13.4. The average Bonchev–Trinajstić information content (AvgIpc) is 2.35. The third kappa shape index (κ3) is 3.73. The molecule has 98 valence electrons. The Hall–Kier alpha value is -1.03. The Morgan fingerprint density at radius 1 is 1.33 bits per heavy atom. The maximum atomic E-state index is 12.0. The predicted octanol–water partition coefficient (Wildman–Crippen LogP) is 3.94. The van der Waals surface area contributed by atoms with Gasteiger partial charge < -0.3 is 11.1 Å². The molecule has 0 heterocycles. The van der Waals surface area contributed by atoms with E-state index in [1.54, 1.807) is 12.1 Å². The Labute approximate surface area is 116 Å². The van der Waals surface area contributed by atoms with Gasteiger partial charge in [-0.25, -0.2) is 0 Å². The van der Waals surface area contributed by atoms with E-state index in [2.05, 4.69) is 21.2 Å². The summed E-state index contributed by atoms with van der Waals surface area (Å²) in [5, 5.41) is 2.93. The van der Waals surface area contributed by atoms with Crippen molar-refractivity contribution in [1.82, 2.24) is 0 Å². The molecular formula is C14H19BrN2O. The molecule has 18 heavy (non-hydrogen) atoms. The first-order valence-corrected chi connectivity index (χ1v) is 7.29. The van der Waals surface area contributed by atoms with Crippen LogP contribution in [0.1, 0.15) is 38.5 Å². The summed E-state index contributed by atoms with van der Waals surface area (Å²) in [5.41, 5.74) is 7.13. The molecule has 0 saturated heterocycles. The molecule has 1 saturated carbocycles. The summed E-state index contributed by atoms with van der Waals surface area (Å²) < 4.78 is 0.869. The van der Waals surface area contributed by atoms with Crippen LogP contribution in [0.5, 0.6) is 0 Å². The van der Waals surface area contributed by atoms with Crippen LogP contribution in [0.4, 0.5) is 11.4 Å². The van der Waals surface area contributed by atoms with Gasteiger partial charge in [0.05, 0.1) is 5.69 Å². The van der Waals surface area contributed by atoms with Gasteiger partial charge in [-0.1, -0.05) is 19.3 Å². The van der Waals surface area contributed by atoms with Crippen LogP contribution in [0.3, 0.4) is 0 Å². The van der Waals surface area contributed by atoms with Crippen molar-refractivity contribution in [1.29, 1.82) is 0 Å². The van der Waals surface area contributed by atoms with Crippen molar-refractivity contribution in [2.45, 2.75) is 38.5 Å². The number of nitrogens with one attached hydrogen (secondary N) is 1. The highest BCUT2D eigenvalue weighted by atomic mass is 79.9. The van der Waals surface area contributed by atoms with Gasteiger partial charge in [-0.15, -0.1) is 0 Å². The summed E-state index contributed by atoms with van der Waals surface area (Å²) in [7, 11) is 0. The van der Waals surface area contributed by atoms with E-state index in [1.807, 2.05) is 6.07 Å². The zero-order valence-corrected chi connectivity index (χ0v) is 12.0. The SMILES string of the molecule is Nc1ccc(Br)c(NC(=O)CC2CCCCC2)c1. The van der Waals surface area contributed by atoms with E-state index in [9.17, 15) is 4.79 Å². The van der Waals surface area contributed by atoms with Crippen LogP contribution < -0.4 is 11.1 Å². The Morgan fingerprint density at radius 3 is 2.78 bits per heavy atom. The van der Waals surface area contributed by atoms with Crippen molar-refractivity contribution in [2.75, 3.05) is 11.1 Å². The van der Waals surface area contributed by atoms with E-state index < -0.39 is 0 Å². The van der Waals surface area contributed by atoms with E-state index >= 15 is 0 Å². The lowest BCUT2D eigenvalue weighted by Crippen LogP contribution is -2.18. The normalized spacial score (nSPS) is 16.5. The van der Waals surface area contributed by atoms with Crippen molar-refractivity contribution in [3.8, 4) is 0 Å². The molecule has 3 nitrogen and oxygen atoms in total. The number of carbonyl (C=O) groups is 1. The standard InChI is InChI=1S/C14H19BrN2O/c15-12-7-6-11(16)9-13(12)17-14(18)8-10-4-2-1-3-5-10/h6-7,9-10H,1-5,8,16H2,(H,17,18). The highest BCUT2D eigenvalue weighted by Crippen LogP contribution is 2.28. The van der Waals surface area contributed by atoms with Gasteiger partial charge in [0, 0.05) is 16.6 Å². The second kappa shape index (κ2) is 6.23. The number of benzene rings is 1. The van der Waals surface area contributed by atoms with Crippen molar-refractivity contribution in [3.05, 3.63) is 22.7 Å². The molecule has 1 aliphatic rings. The third-order valence-electron chi connectivity index (χ3n) is 3.46. The third-order valence-corrected chi connectivity index (χ3v) is 4.15. The monoisotopic (exact) mass is 310 g/mol. The molecule has 3 N–H and O–H groups in total. The van der Waals surface area contributed by atoms with E-state index in [-0.39, 0.29) is 5.91 Å². The molecule has 0 aliphatic heterocycles. The minimum Gasteiger partial charge on any atom is -0.399 e. The van der Waals surface area contributed by atoms with E-state index in [0.29, 0.717) is 18.0 Å². The fourth-order valence-corrected chi connectivity index (χ4v) is 2.84. The number of hydrogen-bond donors (Lipinski definition) is 2. The van der Waals surface area contributed by atoms with Crippen molar-refractivity contribution < 1.29 is 4.79 Å². The topological polar surface area (TPSA) is 55.1 Å². The molecule has 0 radical (unpaired) electrons. The quantitative estimate of drug-likeness (QED) is 0.831. The molecule has 0 unspecified atom stereocenters.